The maximum absolute atomic E-state index is 12.6. The van der Waals surface area contributed by atoms with E-state index in [1.165, 1.54) is 5.56 Å². The van der Waals surface area contributed by atoms with E-state index in [2.05, 4.69) is 9.88 Å². The fourth-order valence-electron chi connectivity index (χ4n) is 2.96. The maximum atomic E-state index is 12.6. The molecule has 2 aliphatic rings. The second kappa shape index (κ2) is 7.67. The summed E-state index contributed by atoms with van der Waals surface area (Å²) in [5.74, 6) is 0. The molecule has 0 bridgehead atoms. The Bertz CT molecular complexity index is 582. The van der Waals surface area contributed by atoms with Gasteiger partial charge in [-0.1, -0.05) is 0 Å². The zero-order chi connectivity index (χ0) is 16.1. The average Bonchev–Trinajstić information content (AvgIpc) is 2.62. The number of pyridine rings is 1. The minimum absolute atomic E-state index is 0.463. The minimum Gasteiger partial charge on any atom is -0.379 e. The molecule has 2 saturated heterocycles. The molecule has 128 valence electrons. The van der Waals surface area contributed by atoms with Crippen molar-refractivity contribution in [3.63, 3.8) is 0 Å². The maximum Gasteiger partial charge on any atom is 0.282 e. The molecule has 0 unspecified atom stereocenters. The van der Waals surface area contributed by atoms with Gasteiger partial charge in [-0.2, -0.15) is 17.0 Å². The smallest absolute Gasteiger partial charge is 0.282 e. The Morgan fingerprint density at radius 2 is 1.57 bits per heavy atom. The molecule has 0 radical (unpaired) electrons. The van der Waals surface area contributed by atoms with Gasteiger partial charge in [-0.3, -0.25) is 4.98 Å². The molecule has 1 aromatic heterocycles. The number of hydrogen-bond acceptors (Lipinski definition) is 5. The lowest BCUT2D eigenvalue weighted by atomic mass is 10.2. The van der Waals surface area contributed by atoms with E-state index in [-0.39, 0.29) is 0 Å². The highest BCUT2D eigenvalue weighted by molar-refractivity contribution is 7.86. The minimum atomic E-state index is -3.32. The molecule has 7 nitrogen and oxygen atoms in total. The van der Waals surface area contributed by atoms with Crippen LogP contribution >= 0.6 is 0 Å². The number of morpholine rings is 1. The predicted octanol–water partition coefficient (Wildman–Crippen LogP) is -0.181. The quantitative estimate of drug-likeness (QED) is 0.744. The Morgan fingerprint density at radius 1 is 0.957 bits per heavy atom. The summed E-state index contributed by atoms with van der Waals surface area (Å²) in [7, 11) is -3.32. The van der Waals surface area contributed by atoms with Crippen LogP contribution in [0.3, 0.4) is 0 Å². The highest BCUT2D eigenvalue weighted by atomic mass is 32.2. The van der Waals surface area contributed by atoms with Crippen molar-refractivity contribution in [3.8, 4) is 0 Å². The van der Waals surface area contributed by atoms with Gasteiger partial charge in [0.25, 0.3) is 10.2 Å². The first kappa shape index (κ1) is 16.8. The lowest BCUT2D eigenvalue weighted by Gasteiger charge is -2.37. The number of aromatic nitrogens is 1. The third-order valence-corrected chi connectivity index (χ3v) is 6.46. The van der Waals surface area contributed by atoms with E-state index in [0.717, 1.165) is 26.1 Å². The van der Waals surface area contributed by atoms with Gasteiger partial charge in [0.15, 0.2) is 0 Å². The van der Waals surface area contributed by atoms with Crippen molar-refractivity contribution in [2.24, 2.45) is 0 Å². The first-order valence-electron chi connectivity index (χ1n) is 8.10. The van der Waals surface area contributed by atoms with Gasteiger partial charge in [0, 0.05) is 58.2 Å². The molecule has 0 amide bonds. The van der Waals surface area contributed by atoms with E-state index in [1.807, 2.05) is 24.5 Å². The average molecular weight is 340 g/mol. The van der Waals surface area contributed by atoms with Crippen molar-refractivity contribution in [2.45, 2.75) is 6.42 Å². The third kappa shape index (κ3) is 4.27. The van der Waals surface area contributed by atoms with Crippen molar-refractivity contribution < 1.29 is 13.2 Å². The fraction of sp³-hybridized carbons (Fsp3) is 0.667. The number of ether oxygens (including phenoxy) is 1. The highest BCUT2D eigenvalue weighted by Crippen LogP contribution is 2.14. The number of nitrogens with zero attached hydrogens (tertiary/aromatic N) is 4. The van der Waals surface area contributed by atoms with Gasteiger partial charge in [0.2, 0.25) is 0 Å². The molecule has 23 heavy (non-hydrogen) atoms. The monoisotopic (exact) mass is 340 g/mol. The van der Waals surface area contributed by atoms with E-state index in [4.69, 9.17) is 4.74 Å². The fourth-order valence-corrected chi connectivity index (χ4v) is 4.52. The van der Waals surface area contributed by atoms with Gasteiger partial charge >= 0.3 is 0 Å². The topological polar surface area (TPSA) is 66.0 Å². The SMILES string of the molecule is O=S(=O)(N1CCOCC1)N1CCN(CCc2ccncc2)CC1. The molecule has 0 saturated carbocycles. The molecule has 2 fully saturated rings. The normalized spacial score (nSPS) is 22.3. The van der Waals surface area contributed by atoms with Crippen LogP contribution in [0.1, 0.15) is 5.56 Å². The zero-order valence-corrected chi connectivity index (χ0v) is 14.1. The van der Waals surface area contributed by atoms with Crippen molar-refractivity contribution >= 4 is 10.2 Å². The molecule has 0 aliphatic carbocycles. The van der Waals surface area contributed by atoms with E-state index < -0.39 is 10.2 Å². The Kier molecular flexibility index (Phi) is 5.60. The second-order valence-corrected chi connectivity index (χ2v) is 7.79. The van der Waals surface area contributed by atoms with Crippen molar-refractivity contribution in [1.29, 1.82) is 0 Å². The van der Waals surface area contributed by atoms with Crippen molar-refractivity contribution in [3.05, 3.63) is 30.1 Å². The molecular formula is C15H24N4O3S. The molecule has 0 N–H and O–H groups in total. The molecule has 3 rings (SSSR count). The van der Waals surface area contributed by atoms with Crippen LogP contribution in [-0.2, 0) is 21.4 Å². The summed E-state index contributed by atoms with van der Waals surface area (Å²) in [6.45, 7) is 5.57. The summed E-state index contributed by atoms with van der Waals surface area (Å²) in [6.07, 6.45) is 4.59. The lowest BCUT2D eigenvalue weighted by Crippen LogP contribution is -2.55. The van der Waals surface area contributed by atoms with Crippen LogP contribution in [0.25, 0.3) is 0 Å². The van der Waals surface area contributed by atoms with Gasteiger partial charge in [0.1, 0.15) is 0 Å². The summed E-state index contributed by atoms with van der Waals surface area (Å²) in [5.41, 5.74) is 1.27. The number of hydrogen-bond donors (Lipinski definition) is 0. The highest BCUT2D eigenvalue weighted by Gasteiger charge is 2.32. The van der Waals surface area contributed by atoms with Crippen LogP contribution in [0.4, 0.5) is 0 Å². The summed E-state index contributed by atoms with van der Waals surface area (Å²) in [5, 5.41) is 0. The van der Waals surface area contributed by atoms with Crippen molar-refractivity contribution in [1.82, 2.24) is 18.5 Å². The zero-order valence-electron chi connectivity index (χ0n) is 13.3. The third-order valence-electron chi connectivity index (χ3n) is 4.42. The number of piperazine rings is 1. The molecule has 1 aromatic rings. The standard InChI is InChI=1S/C15H24N4O3S/c20-23(21,19-11-13-22-14-12-19)18-9-7-17(8-10-18)6-3-15-1-4-16-5-2-15/h1-2,4-5H,3,6-14H2. The molecule has 0 aromatic carbocycles. The first-order chi connectivity index (χ1) is 11.2. The molecule has 2 aliphatic heterocycles. The Hall–Kier alpha value is -1.06. The van der Waals surface area contributed by atoms with Gasteiger partial charge in [0.05, 0.1) is 13.2 Å². The summed E-state index contributed by atoms with van der Waals surface area (Å²) >= 11 is 0. The summed E-state index contributed by atoms with van der Waals surface area (Å²) < 4.78 is 33.6. The van der Waals surface area contributed by atoms with E-state index >= 15 is 0 Å². The van der Waals surface area contributed by atoms with Gasteiger partial charge in [-0.25, -0.2) is 0 Å². The molecule has 0 atom stereocenters. The summed E-state index contributed by atoms with van der Waals surface area (Å²) in [4.78, 5) is 6.35. The largest absolute Gasteiger partial charge is 0.379 e. The van der Waals surface area contributed by atoms with Gasteiger partial charge in [-0.15, -0.1) is 0 Å². The number of rotatable bonds is 5. The van der Waals surface area contributed by atoms with Gasteiger partial charge < -0.3 is 9.64 Å². The van der Waals surface area contributed by atoms with E-state index in [0.29, 0.717) is 39.4 Å². The predicted molar refractivity (Wildman–Crippen MR) is 87.3 cm³/mol. The second-order valence-electron chi connectivity index (χ2n) is 5.87. The van der Waals surface area contributed by atoms with Crippen LogP contribution in [-0.4, -0.2) is 85.9 Å². The van der Waals surface area contributed by atoms with Gasteiger partial charge in [-0.05, 0) is 24.1 Å². The van der Waals surface area contributed by atoms with Crippen LogP contribution in [0.15, 0.2) is 24.5 Å². The van der Waals surface area contributed by atoms with Crippen LogP contribution in [0, 0.1) is 0 Å². The molecule has 0 spiro atoms. The van der Waals surface area contributed by atoms with Crippen LogP contribution < -0.4 is 0 Å². The Morgan fingerprint density at radius 3 is 2.22 bits per heavy atom. The first-order valence-corrected chi connectivity index (χ1v) is 9.50. The lowest BCUT2D eigenvalue weighted by molar-refractivity contribution is 0.0685. The Balaban J connectivity index is 1.48. The van der Waals surface area contributed by atoms with E-state index in [1.54, 1.807) is 8.61 Å². The van der Waals surface area contributed by atoms with Crippen LogP contribution in [0.2, 0.25) is 0 Å². The summed E-state index contributed by atoms with van der Waals surface area (Å²) in [6, 6.07) is 4.05. The van der Waals surface area contributed by atoms with E-state index in [9.17, 15) is 8.42 Å². The van der Waals surface area contributed by atoms with Crippen LogP contribution in [0.5, 0.6) is 0 Å². The Labute approximate surface area is 138 Å². The molecule has 3 heterocycles. The van der Waals surface area contributed by atoms with Crippen molar-refractivity contribution in [2.75, 3.05) is 59.0 Å². The molecular weight excluding hydrogens is 316 g/mol. The molecule has 8 heteroatoms.